The molecule has 0 bridgehead atoms. The number of carbonyl (C=O) groups is 1. The Balaban J connectivity index is 1.85. The second kappa shape index (κ2) is 7.55. The molecule has 0 aliphatic heterocycles. The Hall–Kier alpha value is -2.56. The molecule has 0 radical (unpaired) electrons. The molecule has 2 aromatic carbocycles. The number of hydrogen-bond donors (Lipinski definition) is 1. The Morgan fingerprint density at radius 3 is 2.52 bits per heavy atom. The molecule has 1 aromatic heterocycles. The minimum absolute atomic E-state index is 0.179. The van der Waals surface area contributed by atoms with Crippen LogP contribution < -0.4 is 10.9 Å². The molecule has 4 nitrogen and oxygen atoms in total. The van der Waals surface area contributed by atoms with Crippen LogP contribution in [0.15, 0.2) is 71.7 Å². The van der Waals surface area contributed by atoms with Gasteiger partial charge in [-0.2, -0.15) is 0 Å². The molecule has 0 saturated carbocycles. The highest BCUT2D eigenvalue weighted by molar-refractivity contribution is 6.35. The maximum Gasteiger partial charge on any atom is 0.257 e. The third kappa shape index (κ3) is 4.29. The number of nitrogens with one attached hydrogen (secondary N) is 1. The first-order valence-corrected chi connectivity index (χ1v) is 8.29. The van der Waals surface area contributed by atoms with Gasteiger partial charge in [0.1, 0.15) is 0 Å². The van der Waals surface area contributed by atoms with Gasteiger partial charge in [0.2, 0.25) is 0 Å². The molecule has 3 aromatic rings. The molecule has 0 fully saturated rings. The van der Waals surface area contributed by atoms with Gasteiger partial charge in [-0.25, -0.2) is 0 Å². The zero-order chi connectivity index (χ0) is 17.8. The van der Waals surface area contributed by atoms with E-state index in [1.165, 1.54) is 22.9 Å². The van der Waals surface area contributed by atoms with Gasteiger partial charge in [0.05, 0.1) is 22.8 Å². The fraction of sp³-hybridized carbons (Fsp3) is 0.0526. The van der Waals surface area contributed by atoms with Gasteiger partial charge in [0.15, 0.2) is 0 Å². The summed E-state index contributed by atoms with van der Waals surface area (Å²) in [5.74, 6) is -0.369. The van der Waals surface area contributed by atoms with Crippen molar-refractivity contribution >= 4 is 34.8 Å². The molecule has 0 aliphatic rings. The number of amides is 1. The first-order chi connectivity index (χ1) is 12.0. The number of anilines is 1. The summed E-state index contributed by atoms with van der Waals surface area (Å²) in [4.78, 5) is 24.5. The van der Waals surface area contributed by atoms with Crippen LogP contribution in [0.25, 0.3) is 0 Å². The van der Waals surface area contributed by atoms with Crippen molar-refractivity contribution in [2.45, 2.75) is 6.54 Å². The molecule has 1 amide bonds. The Kier molecular flexibility index (Phi) is 5.22. The second-order valence-electron chi connectivity index (χ2n) is 5.45. The average molecular weight is 373 g/mol. The Bertz CT molecular complexity index is 969. The van der Waals surface area contributed by atoms with Crippen molar-refractivity contribution in [3.63, 3.8) is 0 Å². The smallest absolute Gasteiger partial charge is 0.257 e. The highest BCUT2D eigenvalue weighted by Crippen LogP contribution is 2.25. The predicted octanol–water partition coefficient (Wildman–Crippen LogP) is 4.46. The largest absolute Gasteiger partial charge is 0.321 e. The summed E-state index contributed by atoms with van der Waals surface area (Å²) in [5.41, 5.74) is 1.56. The number of aromatic nitrogens is 1. The zero-order valence-corrected chi connectivity index (χ0v) is 14.6. The van der Waals surface area contributed by atoms with Crippen LogP contribution in [0.4, 0.5) is 5.69 Å². The standard InChI is InChI=1S/C19H14Cl2N2O2/c20-15-7-8-16(21)17(10-15)22-19(25)14-6-9-18(24)23(12-14)11-13-4-2-1-3-5-13/h1-10,12H,11H2,(H,22,25). The second-order valence-corrected chi connectivity index (χ2v) is 6.29. The fourth-order valence-corrected chi connectivity index (χ4v) is 2.69. The summed E-state index contributed by atoms with van der Waals surface area (Å²) < 4.78 is 1.49. The predicted molar refractivity (Wildman–Crippen MR) is 101 cm³/mol. The summed E-state index contributed by atoms with van der Waals surface area (Å²) in [5, 5.41) is 3.56. The van der Waals surface area contributed by atoms with Crippen LogP contribution >= 0.6 is 23.2 Å². The first-order valence-electron chi connectivity index (χ1n) is 7.54. The lowest BCUT2D eigenvalue weighted by molar-refractivity contribution is 0.102. The van der Waals surface area contributed by atoms with Crippen molar-refractivity contribution in [2.24, 2.45) is 0 Å². The summed E-state index contributed by atoms with van der Waals surface area (Å²) in [6, 6.07) is 17.2. The summed E-state index contributed by atoms with van der Waals surface area (Å²) in [6.45, 7) is 0.388. The first kappa shape index (κ1) is 17.3. The Labute approximate surface area is 154 Å². The minimum atomic E-state index is -0.369. The molecule has 126 valence electrons. The summed E-state index contributed by atoms with van der Waals surface area (Å²) in [7, 11) is 0. The molecular formula is C19H14Cl2N2O2. The van der Waals surface area contributed by atoms with E-state index >= 15 is 0 Å². The monoisotopic (exact) mass is 372 g/mol. The van der Waals surface area contributed by atoms with Crippen molar-refractivity contribution in [2.75, 3.05) is 5.32 Å². The molecular weight excluding hydrogens is 359 g/mol. The van der Waals surface area contributed by atoms with Crippen molar-refractivity contribution in [1.82, 2.24) is 4.57 Å². The minimum Gasteiger partial charge on any atom is -0.321 e. The average Bonchev–Trinajstić information content (AvgIpc) is 2.61. The van der Waals surface area contributed by atoms with Crippen LogP contribution in [0.3, 0.4) is 0 Å². The molecule has 3 rings (SSSR count). The van der Waals surface area contributed by atoms with Crippen LogP contribution in [-0.4, -0.2) is 10.5 Å². The maximum absolute atomic E-state index is 12.5. The van der Waals surface area contributed by atoms with Gasteiger partial charge in [0, 0.05) is 17.3 Å². The van der Waals surface area contributed by atoms with Crippen LogP contribution in [0, 0.1) is 0 Å². The third-order valence-electron chi connectivity index (χ3n) is 3.62. The Morgan fingerprint density at radius 2 is 1.76 bits per heavy atom. The highest BCUT2D eigenvalue weighted by atomic mass is 35.5. The quantitative estimate of drug-likeness (QED) is 0.734. The van der Waals surface area contributed by atoms with Gasteiger partial charge in [-0.1, -0.05) is 53.5 Å². The van der Waals surface area contributed by atoms with Crippen molar-refractivity contribution in [3.05, 3.63) is 98.4 Å². The molecule has 0 unspecified atom stereocenters. The molecule has 1 N–H and O–H groups in total. The van der Waals surface area contributed by atoms with E-state index in [0.717, 1.165) is 5.56 Å². The molecule has 0 aliphatic carbocycles. The number of hydrogen-bond acceptors (Lipinski definition) is 2. The van der Waals surface area contributed by atoms with Gasteiger partial charge in [-0.3, -0.25) is 9.59 Å². The van der Waals surface area contributed by atoms with Crippen LogP contribution in [0.5, 0.6) is 0 Å². The van der Waals surface area contributed by atoms with E-state index in [1.54, 1.807) is 18.2 Å². The molecule has 0 saturated heterocycles. The van der Waals surface area contributed by atoms with E-state index in [2.05, 4.69) is 5.32 Å². The van der Waals surface area contributed by atoms with Gasteiger partial charge in [-0.05, 0) is 29.8 Å². The molecule has 0 atom stereocenters. The van der Waals surface area contributed by atoms with E-state index in [9.17, 15) is 9.59 Å². The number of pyridine rings is 1. The summed E-state index contributed by atoms with van der Waals surface area (Å²) >= 11 is 12.0. The van der Waals surface area contributed by atoms with Crippen molar-refractivity contribution in [1.29, 1.82) is 0 Å². The maximum atomic E-state index is 12.5. The van der Waals surface area contributed by atoms with Crippen molar-refractivity contribution < 1.29 is 4.79 Å². The van der Waals surface area contributed by atoms with Crippen LogP contribution in [-0.2, 0) is 6.54 Å². The number of halogens is 2. The van der Waals surface area contributed by atoms with E-state index in [-0.39, 0.29) is 11.5 Å². The van der Waals surface area contributed by atoms with Gasteiger partial charge < -0.3 is 9.88 Å². The zero-order valence-electron chi connectivity index (χ0n) is 13.1. The molecule has 0 spiro atoms. The molecule has 25 heavy (non-hydrogen) atoms. The number of nitrogens with zero attached hydrogens (tertiary/aromatic N) is 1. The SMILES string of the molecule is O=C(Nc1cc(Cl)ccc1Cl)c1ccc(=O)n(Cc2ccccc2)c1. The van der Waals surface area contributed by atoms with E-state index in [4.69, 9.17) is 23.2 Å². The number of rotatable bonds is 4. The van der Waals surface area contributed by atoms with Gasteiger partial charge >= 0.3 is 0 Å². The lowest BCUT2D eigenvalue weighted by atomic mass is 10.2. The topological polar surface area (TPSA) is 51.1 Å². The lowest BCUT2D eigenvalue weighted by Crippen LogP contribution is -2.22. The fourth-order valence-electron chi connectivity index (χ4n) is 2.36. The molecule has 1 heterocycles. The van der Waals surface area contributed by atoms with Gasteiger partial charge in [-0.15, -0.1) is 0 Å². The van der Waals surface area contributed by atoms with E-state index in [0.29, 0.717) is 27.8 Å². The highest BCUT2D eigenvalue weighted by Gasteiger charge is 2.11. The van der Waals surface area contributed by atoms with Crippen LogP contribution in [0.2, 0.25) is 10.0 Å². The van der Waals surface area contributed by atoms with Crippen molar-refractivity contribution in [3.8, 4) is 0 Å². The van der Waals surface area contributed by atoms with E-state index < -0.39 is 0 Å². The normalized spacial score (nSPS) is 10.5. The lowest BCUT2D eigenvalue weighted by Gasteiger charge is -2.10. The van der Waals surface area contributed by atoms with E-state index in [1.807, 2.05) is 30.3 Å². The number of carbonyl (C=O) groups excluding carboxylic acids is 1. The molecule has 6 heteroatoms. The third-order valence-corrected chi connectivity index (χ3v) is 4.18. The number of benzene rings is 2. The van der Waals surface area contributed by atoms with Gasteiger partial charge in [0.25, 0.3) is 11.5 Å². The summed E-state index contributed by atoms with van der Waals surface area (Å²) in [6.07, 6.45) is 1.53. The Morgan fingerprint density at radius 1 is 1.00 bits per heavy atom. The van der Waals surface area contributed by atoms with Crippen LogP contribution in [0.1, 0.15) is 15.9 Å².